The summed E-state index contributed by atoms with van der Waals surface area (Å²) in [4.78, 5) is 3.87. The van der Waals surface area contributed by atoms with Crippen molar-refractivity contribution < 1.29 is 12.8 Å². The van der Waals surface area contributed by atoms with Gasteiger partial charge in [-0.2, -0.15) is 0 Å². The molecule has 4 nitrogen and oxygen atoms in total. The number of nitrogens with one attached hydrogen (secondary N) is 1. The van der Waals surface area contributed by atoms with Gasteiger partial charge >= 0.3 is 0 Å². The summed E-state index contributed by atoms with van der Waals surface area (Å²) in [6.45, 7) is 3.35. The second kappa shape index (κ2) is 4.97. The molecule has 0 amide bonds. The van der Waals surface area contributed by atoms with Crippen LogP contribution in [0.15, 0.2) is 41.4 Å². The molecule has 6 heteroatoms. The van der Waals surface area contributed by atoms with E-state index >= 15 is 0 Å². The minimum atomic E-state index is -3.84. The van der Waals surface area contributed by atoms with Crippen molar-refractivity contribution >= 4 is 15.8 Å². The van der Waals surface area contributed by atoms with E-state index in [1.165, 1.54) is 18.3 Å². The third-order valence-electron chi connectivity index (χ3n) is 2.68. The largest absolute Gasteiger partial charge is 0.263 e. The molecule has 1 aromatic heterocycles. The van der Waals surface area contributed by atoms with Crippen LogP contribution in [0.1, 0.15) is 11.1 Å². The standard InChI is InChI=1S/C13H13FN2O2S/c1-9-5-6-11(14)8-12(9)19(17,18)16-13-10(2)4-3-7-15-13/h3-8H,1-2H3,(H,15,16). The summed E-state index contributed by atoms with van der Waals surface area (Å²) in [7, 11) is -3.84. The molecule has 0 saturated carbocycles. The first-order valence-electron chi connectivity index (χ1n) is 5.61. The topological polar surface area (TPSA) is 59.1 Å². The molecule has 100 valence electrons. The molecule has 0 aliphatic carbocycles. The summed E-state index contributed by atoms with van der Waals surface area (Å²) in [5, 5.41) is 0. The number of hydrogen-bond donors (Lipinski definition) is 1. The van der Waals surface area contributed by atoms with Gasteiger partial charge in [-0.3, -0.25) is 4.72 Å². The summed E-state index contributed by atoms with van der Waals surface area (Å²) < 4.78 is 40.0. The van der Waals surface area contributed by atoms with Crippen molar-refractivity contribution in [3.63, 3.8) is 0 Å². The third kappa shape index (κ3) is 2.90. The van der Waals surface area contributed by atoms with Gasteiger partial charge in [0.15, 0.2) is 0 Å². The highest BCUT2D eigenvalue weighted by atomic mass is 32.2. The van der Waals surface area contributed by atoms with Gasteiger partial charge in [0.2, 0.25) is 0 Å². The molecule has 0 aliphatic rings. The summed E-state index contributed by atoms with van der Waals surface area (Å²) in [5.41, 5.74) is 1.17. The predicted octanol–water partition coefficient (Wildman–Crippen LogP) is 2.64. The Bertz CT molecular complexity index is 714. The van der Waals surface area contributed by atoms with Crippen LogP contribution in [0.25, 0.3) is 0 Å². The maximum atomic E-state index is 13.2. The Labute approximate surface area is 111 Å². The van der Waals surface area contributed by atoms with E-state index in [0.717, 1.165) is 6.07 Å². The molecule has 0 spiro atoms. The van der Waals surface area contributed by atoms with Crippen LogP contribution in [0.4, 0.5) is 10.2 Å². The average Bonchev–Trinajstić information content (AvgIpc) is 2.35. The Morgan fingerprint density at radius 2 is 1.89 bits per heavy atom. The van der Waals surface area contributed by atoms with Gasteiger partial charge in [0.25, 0.3) is 10.0 Å². The van der Waals surface area contributed by atoms with Gasteiger partial charge in [0.05, 0.1) is 4.90 Å². The molecular weight excluding hydrogens is 267 g/mol. The zero-order valence-electron chi connectivity index (χ0n) is 10.5. The molecule has 1 N–H and O–H groups in total. The second-order valence-electron chi connectivity index (χ2n) is 4.18. The fraction of sp³-hybridized carbons (Fsp3) is 0.154. The fourth-order valence-electron chi connectivity index (χ4n) is 1.64. The highest BCUT2D eigenvalue weighted by Crippen LogP contribution is 2.20. The van der Waals surface area contributed by atoms with Crippen molar-refractivity contribution in [3.8, 4) is 0 Å². The van der Waals surface area contributed by atoms with Crippen LogP contribution >= 0.6 is 0 Å². The van der Waals surface area contributed by atoms with Crippen molar-refractivity contribution in [3.05, 3.63) is 53.5 Å². The van der Waals surface area contributed by atoms with E-state index in [4.69, 9.17) is 0 Å². The normalized spacial score (nSPS) is 11.3. The first-order chi connectivity index (χ1) is 8.90. The van der Waals surface area contributed by atoms with Gasteiger partial charge in [0.1, 0.15) is 11.6 Å². The van der Waals surface area contributed by atoms with Gasteiger partial charge in [-0.15, -0.1) is 0 Å². The van der Waals surface area contributed by atoms with E-state index in [2.05, 4.69) is 9.71 Å². The molecule has 0 fully saturated rings. The van der Waals surface area contributed by atoms with Crippen LogP contribution in [0.5, 0.6) is 0 Å². The van der Waals surface area contributed by atoms with E-state index < -0.39 is 15.8 Å². The number of benzene rings is 1. The van der Waals surface area contributed by atoms with Crippen LogP contribution in [-0.2, 0) is 10.0 Å². The number of sulfonamides is 1. The minimum Gasteiger partial charge on any atom is -0.263 e. The molecule has 19 heavy (non-hydrogen) atoms. The molecule has 0 saturated heterocycles. The number of pyridine rings is 1. The van der Waals surface area contributed by atoms with Crippen molar-refractivity contribution in [2.24, 2.45) is 0 Å². The monoisotopic (exact) mass is 280 g/mol. The van der Waals surface area contributed by atoms with Crippen LogP contribution in [0.2, 0.25) is 0 Å². The lowest BCUT2D eigenvalue weighted by molar-refractivity contribution is 0.594. The molecule has 2 aromatic rings. The quantitative estimate of drug-likeness (QED) is 0.940. The summed E-state index contributed by atoms with van der Waals surface area (Å²) in [6, 6.07) is 7.09. The lowest BCUT2D eigenvalue weighted by Gasteiger charge is -2.11. The summed E-state index contributed by atoms with van der Waals surface area (Å²) >= 11 is 0. The van der Waals surface area contributed by atoms with Crippen LogP contribution in [0.3, 0.4) is 0 Å². The van der Waals surface area contributed by atoms with E-state index in [1.54, 1.807) is 26.0 Å². The highest BCUT2D eigenvalue weighted by molar-refractivity contribution is 7.92. The van der Waals surface area contributed by atoms with Crippen LogP contribution in [0, 0.1) is 19.7 Å². The number of anilines is 1. The Balaban J connectivity index is 2.44. The Kier molecular flexibility index (Phi) is 3.53. The van der Waals surface area contributed by atoms with Crippen molar-refractivity contribution in [2.45, 2.75) is 18.7 Å². The van der Waals surface area contributed by atoms with Crippen molar-refractivity contribution in [1.82, 2.24) is 4.98 Å². The zero-order valence-corrected chi connectivity index (χ0v) is 11.3. The Morgan fingerprint density at radius 3 is 2.58 bits per heavy atom. The maximum absolute atomic E-state index is 13.2. The highest BCUT2D eigenvalue weighted by Gasteiger charge is 2.19. The van der Waals surface area contributed by atoms with Gasteiger partial charge < -0.3 is 0 Å². The Morgan fingerprint density at radius 1 is 1.16 bits per heavy atom. The summed E-state index contributed by atoms with van der Waals surface area (Å²) in [6.07, 6.45) is 1.49. The van der Waals surface area contributed by atoms with E-state index in [0.29, 0.717) is 11.1 Å². The number of aryl methyl sites for hydroxylation is 2. The maximum Gasteiger partial charge on any atom is 0.263 e. The molecule has 0 aliphatic heterocycles. The SMILES string of the molecule is Cc1ccc(F)cc1S(=O)(=O)Nc1ncccc1C. The molecule has 0 atom stereocenters. The molecule has 2 rings (SSSR count). The van der Waals surface area contributed by atoms with E-state index in [1.807, 2.05) is 0 Å². The van der Waals surface area contributed by atoms with Crippen molar-refractivity contribution in [1.29, 1.82) is 0 Å². The molecular formula is C13H13FN2O2S. The fourth-order valence-corrected chi connectivity index (χ4v) is 2.98. The average molecular weight is 280 g/mol. The van der Waals surface area contributed by atoms with Crippen LogP contribution < -0.4 is 4.72 Å². The number of rotatable bonds is 3. The number of aromatic nitrogens is 1. The van der Waals surface area contributed by atoms with Gasteiger partial charge in [0, 0.05) is 6.20 Å². The molecule has 0 bridgehead atoms. The minimum absolute atomic E-state index is 0.0856. The summed E-state index contributed by atoms with van der Waals surface area (Å²) in [5.74, 6) is -0.352. The first-order valence-corrected chi connectivity index (χ1v) is 7.09. The molecule has 0 unspecified atom stereocenters. The second-order valence-corrected chi connectivity index (χ2v) is 5.84. The lowest BCUT2D eigenvalue weighted by Crippen LogP contribution is -2.16. The number of nitrogens with zero attached hydrogens (tertiary/aromatic N) is 1. The molecule has 1 heterocycles. The van der Waals surface area contributed by atoms with Crippen molar-refractivity contribution in [2.75, 3.05) is 4.72 Å². The zero-order chi connectivity index (χ0) is 14.0. The van der Waals surface area contributed by atoms with Crippen LogP contribution in [-0.4, -0.2) is 13.4 Å². The van der Waals surface area contributed by atoms with E-state index in [-0.39, 0.29) is 10.7 Å². The smallest absolute Gasteiger partial charge is 0.263 e. The first kappa shape index (κ1) is 13.5. The number of halogens is 1. The Hall–Kier alpha value is -1.95. The lowest BCUT2D eigenvalue weighted by atomic mass is 10.2. The third-order valence-corrected chi connectivity index (χ3v) is 4.16. The van der Waals surface area contributed by atoms with Gasteiger partial charge in [-0.25, -0.2) is 17.8 Å². The van der Waals surface area contributed by atoms with Gasteiger partial charge in [-0.1, -0.05) is 12.1 Å². The molecule has 1 aromatic carbocycles. The molecule has 0 radical (unpaired) electrons. The van der Waals surface area contributed by atoms with E-state index in [9.17, 15) is 12.8 Å². The predicted molar refractivity (Wildman–Crippen MR) is 70.9 cm³/mol. The van der Waals surface area contributed by atoms with Gasteiger partial charge in [-0.05, 0) is 43.2 Å². The number of hydrogen-bond acceptors (Lipinski definition) is 3.